The molecule has 186 valence electrons. The summed E-state index contributed by atoms with van der Waals surface area (Å²) >= 11 is 0. The second-order valence-corrected chi connectivity index (χ2v) is 8.50. The van der Waals surface area contributed by atoms with E-state index >= 15 is 0 Å². The molecule has 0 heterocycles. The Labute approximate surface area is 270 Å². The highest BCUT2D eigenvalue weighted by Crippen LogP contribution is 2.46. The highest BCUT2D eigenvalue weighted by atomic mass is 14.2. The Kier molecular flexibility index (Phi) is 1.99. The Morgan fingerprint density at radius 1 is 0.300 bits per heavy atom. The molecule has 0 saturated carbocycles. The van der Waals surface area contributed by atoms with E-state index in [1.807, 2.05) is 0 Å². The van der Waals surface area contributed by atoms with Gasteiger partial charge in [-0.05, 0) is 88.6 Å². The van der Waals surface area contributed by atoms with Crippen LogP contribution in [0, 0.1) is 0 Å². The van der Waals surface area contributed by atoms with Gasteiger partial charge < -0.3 is 0 Å². The summed E-state index contributed by atoms with van der Waals surface area (Å²) in [4.78, 5) is 0. The fourth-order valence-corrected chi connectivity index (χ4v) is 4.62. The summed E-state index contributed by atoms with van der Waals surface area (Å²) in [5.41, 5.74) is -4.77. The molecule has 0 nitrogen and oxygen atoms in total. The predicted octanol–water partition coefficient (Wildman–Crippen LogP) is 11.3. The van der Waals surface area contributed by atoms with Crippen molar-refractivity contribution in [2.24, 2.45) is 0 Å². The van der Waals surface area contributed by atoms with Crippen LogP contribution in [0.25, 0.3) is 76.5 Å². The number of fused-ring (bicyclic) bond motifs is 4. The first-order chi connectivity index (χ1) is 30.7. The van der Waals surface area contributed by atoms with Crippen molar-refractivity contribution in [1.29, 1.82) is 0 Å². The first kappa shape index (κ1) is 8.65. The molecule has 0 aliphatic heterocycles. The molecule has 0 aliphatic carbocycles. The lowest BCUT2D eigenvalue weighted by Gasteiger charge is -2.20. The summed E-state index contributed by atoms with van der Waals surface area (Å²) in [6, 6.07) is -24.6. The van der Waals surface area contributed by atoms with Crippen LogP contribution in [0.1, 0.15) is 35.6 Å². The number of benzene rings is 8. The first-order valence-corrected chi connectivity index (χ1v) is 11.8. The van der Waals surface area contributed by atoms with Gasteiger partial charge in [0.2, 0.25) is 0 Å². The fraction of sp³-hybridized carbons (Fsp3) is 0. The van der Waals surface area contributed by atoms with E-state index in [0.717, 1.165) is 0 Å². The fourth-order valence-electron chi connectivity index (χ4n) is 4.62. The van der Waals surface area contributed by atoms with Crippen molar-refractivity contribution in [2.75, 3.05) is 0 Å². The topological polar surface area (TPSA) is 0 Å². The molecule has 8 aromatic carbocycles. The molecule has 0 aliphatic rings. The summed E-state index contributed by atoms with van der Waals surface area (Å²) in [6.07, 6.45) is 0. The second-order valence-electron chi connectivity index (χ2n) is 8.50. The minimum Gasteiger partial charge on any atom is -0.0622 e. The summed E-state index contributed by atoms with van der Waals surface area (Å²) in [7, 11) is 0. The van der Waals surface area contributed by atoms with Crippen LogP contribution in [0.4, 0.5) is 0 Å². The van der Waals surface area contributed by atoms with Crippen molar-refractivity contribution in [2.45, 2.75) is 0 Å². The molecule has 0 amide bonds. The number of rotatable bonds is 3. The largest absolute Gasteiger partial charge is 0.0636 e. The maximum Gasteiger partial charge on any atom is 0.0636 e. The van der Waals surface area contributed by atoms with E-state index in [1.165, 1.54) is 0 Å². The molecule has 0 bridgehead atoms. The van der Waals surface area contributed by atoms with Gasteiger partial charge in [-0.3, -0.25) is 0 Å². The van der Waals surface area contributed by atoms with Crippen LogP contribution < -0.4 is 0 Å². The highest BCUT2D eigenvalue weighted by Gasteiger charge is 2.18. The van der Waals surface area contributed by atoms with E-state index in [2.05, 4.69) is 0 Å². The molecular formula is C40H26. The van der Waals surface area contributed by atoms with Crippen LogP contribution in [0.3, 0.4) is 0 Å². The summed E-state index contributed by atoms with van der Waals surface area (Å²) < 4.78 is 232. The maximum atomic E-state index is 9.92. The monoisotopic (exact) mass is 532 g/mol. The van der Waals surface area contributed by atoms with Crippen LogP contribution in [-0.4, -0.2) is 0 Å². The van der Waals surface area contributed by atoms with Gasteiger partial charge in [-0.25, -0.2) is 0 Å². The van der Waals surface area contributed by atoms with Crippen LogP contribution in [-0.2, 0) is 0 Å². The van der Waals surface area contributed by atoms with E-state index < -0.39 is 234 Å². The minimum atomic E-state index is -1.07. The molecule has 0 unspecified atom stereocenters. The van der Waals surface area contributed by atoms with Gasteiger partial charge in [-0.15, -0.1) is 0 Å². The van der Waals surface area contributed by atoms with Crippen molar-refractivity contribution in [3.63, 3.8) is 0 Å². The number of hydrogen-bond donors (Lipinski definition) is 0. The molecule has 40 heavy (non-hydrogen) atoms. The van der Waals surface area contributed by atoms with E-state index in [9.17, 15) is 11.0 Å². The van der Waals surface area contributed by atoms with Gasteiger partial charge in [0.25, 0.3) is 0 Å². The van der Waals surface area contributed by atoms with Gasteiger partial charge in [0.05, 0.1) is 35.6 Å². The van der Waals surface area contributed by atoms with Crippen LogP contribution in [0.2, 0.25) is 0 Å². The Morgan fingerprint density at radius 3 is 1.73 bits per heavy atom. The lowest BCUT2D eigenvalue weighted by molar-refractivity contribution is 1.64. The zero-order chi connectivity index (χ0) is 49.1. The molecule has 0 spiro atoms. The Hall–Kier alpha value is -5.20. The highest BCUT2D eigenvalue weighted by molar-refractivity contribution is 6.24. The lowest BCUT2D eigenvalue weighted by atomic mass is 9.83. The van der Waals surface area contributed by atoms with E-state index in [0.29, 0.717) is 0 Å². The van der Waals surface area contributed by atoms with Gasteiger partial charge in [-0.1, -0.05) is 145 Å². The van der Waals surface area contributed by atoms with Gasteiger partial charge >= 0.3 is 0 Å². The van der Waals surface area contributed by atoms with Crippen molar-refractivity contribution < 1.29 is 35.6 Å². The summed E-state index contributed by atoms with van der Waals surface area (Å²) in [5, 5.41) is -5.68. The van der Waals surface area contributed by atoms with E-state index in [-0.39, 0.29) is 0 Å². The molecule has 0 N–H and O–H groups in total. The van der Waals surface area contributed by atoms with Crippen molar-refractivity contribution in [3.8, 4) is 33.4 Å². The molecule has 0 radical (unpaired) electrons. The van der Waals surface area contributed by atoms with Crippen LogP contribution in [0.15, 0.2) is 157 Å². The van der Waals surface area contributed by atoms with Gasteiger partial charge in [0.1, 0.15) is 0 Å². The third kappa shape index (κ3) is 3.61. The standard InChI is InChI=1S/C40H26/c1-2-11-27(12-3-1)31-23-24-37-38(26-31)39(32-22-21-28-13-4-5-15-30(28)25-32)35-18-8-9-19-36(35)40(37)34-20-10-16-29-14-6-7-17-33(29)34/h1-26H/i1D,2D,3D,4D,5D,6D,7D,8D,9D,10D,11D,12D,13D,14D,15D,16D,17D,18D,19D,20D,21D,22D,23D,24D,25D,26D. The average molecular weight is 533 g/mol. The second kappa shape index (κ2) is 9.22. The first-order valence-electron chi connectivity index (χ1n) is 24.8. The molecule has 0 aromatic heterocycles. The molecule has 8 aromatic rings. The van der Waals surface area contributed by atoms with Crippen molar-refractivity contribution >= 4 is 43.1 Å². The van der Waals surface area contributed by atoms with Crippen LogP contribution in [0.5, 0.6) is 0 Å². The zero-order valence-electron chi connectivity index (χ0n) is 46.0. The minimum absolute atomic E-state index is 0.606. The Bertz CT molecular complexity index is 3610. The Balaban J connectivity index is 1.86. The predicted molar refractivity (Wildman–Crippen MR) is 173 cm³/mol. The van der Waals surface area contributed by atoms with E-state index in [1.54, 1.807) is 0 Å². The SMILES string of the molecule is [2H]c1c([2H])c([2H])c(-c2c([2H])c([2H])c3c(-c4c([2H])c([2H])c([2H])c5c([2H])c([2H])c([2H])c([2H])c45)c4c([2H])c([2H])c([2H])c([2H])c4c(-c4c([2H])c([2H])c5c([2H])c([2H])c([2H])c([2H])c5c4[2H])c3c2[2H])c([2H])c1[2H]. The van der Waals surface area contributed by atoms with Gasteiger partial charge in [0, 0.05) is 0 Å². The maximum absolute atomic E-state index is 9.92. The molecule has 0 saturated heterocycles. The molecule has 0 fully saturated rings. The average Bonchev–Trinajstić information content (AvgIpc) is 3.28. The normalized spacial score (nSPS) is 20.6. The molecule has 8 rings (SSSR count). The smallest absolute Gasteiger partial charge is 0.0622 e. The lowest BCUT2D eigenvalue weighted by Crippen LogP contribution is -1.92. The molecule has 0 heteroatoms. The Morgan fingerprint density at radius 2 is 0.900 bits per heavy atom. The summed E-state index contributed by atoms with van der Waals surface area (Å²) in [5.74, 6) is 0. The van der Waals surface area contributed by atoms with Crippen molar-refractivity contribution in [1.82, 2.24) is 0 Å². The zero-order valence-corrected chi connectivity index (χ0v) is 20.0. The summed E-state index contributed by atoms with van der Waals surface area (Å²) in [6.45, 7) is 0. The molecule has 0 atom stereocenters. The van der Waals surface area contributed by atoms with Crippen LogP contribution >= 0.6 is 0 Å². The van der Waals surface area contributed by atoms with Gasteiger partial charge in [0.15, 0.2) is 0 Å². The van der Waals surface area contributed by atoms with Gasteiger partial charge in [-0.2, -0.15) is 0 Å². The quantitative estimate of drug-likeness (QED) is 0.198. The third-order valence-corrected chi connectivity index (χ3v) is 6.31. The molecular weight excluding hydrogens is 480 g/mol. The van der Waals surface area contributed by atoms with E-state index in [4.69, 9.17) is 24.7 Å². The van der Waals surface area contributed by atoms with Crippen molar-refractivity contribution in [3.05, 3.63) is 157 Å². The number of hydrogen-bond acceptors (Lipinski definition) is 0. The third-order valence-electron chi connectivity index (χ3n) is 6.31.